The van der Waals surface area contributed by atoms with E-state index in [1.54, 1.807) is 36.5 Å². The van der Waals surface area contributed by atoms with Crippen molar-refractivity contribution in [2.45, 2.75) is 45.1 Å². The first-order chi connectivity index (χ1) is 14.5. The maximum Gasteiger partial charge on any atom is 0.265 e. The molecule has 1 aliphatic heterocycles. The van der Waals surface area contributed by atoms with Gasteiger partial charge in [-0.1, -0.05) is 0 Å². The monoisotopic (exact) mass is 424 g/mol. The van der Waals surface area contributed by atoms with Crippen LogP contribution in [0.4, 0.5) is 11.4 Å². The van der Waals surface area contributed by atoms with Gasteiger partial charge >= 0.3 is 0 Å². The molecule has 3 heterocycles. The summed E-state index contributed by atoms with van der Waals surface area (Å²) < 4.78 is 5.51. The van der Waals surface area contributed by atoms with Gasteiger partial charge in [-0.3, -0.25) is 14.4 Å². The number of thiophene rings is 1. The van der Waals surface area contributed by atoms with Crippen LogP contribution in [0.2, 0.25) is 0 Å². The minimum atomic E-state index is -0.547. The summed E-state index contributed by atoms with van der Waals surface area (Å²) in [7, 11) is 0. The predicted molar refractivity (Wildman–Crippen MR) is 114 cm³/mol. The highest BCUT2D eigenvalue weighted by Crippen LogP contribution is 2.34. The number of carbonyl (C=O) groups excluding carboxylic acids is 2. The van der Waals surface area contributed by atoms with Gasteiger partial charge in [-0.15, -0.1) is 11.3 Å². The number of carbonyl (C=O) groups is 2. The highest BCUT2D eigenvalue weighted by Gasteiger charge is 2.24. The molecule has 2 amide bonds. The number of aromatic nitrogens is 2. The van der Waals surface area contributed by atoms with E-state index in [0.29, 0.717) is 34.8 Å². The van der Waals surface area contributed by atoms with Gasteiger partial charge in [-0.2, -0.15) is 0 Å². The number of hydrogen-bond donors (Lipinski definition) is 3. The standard InChI is InChI=1S/C21H20N4O4S/c1-10-19(27)23-13-9-11(5-6-14(13)29-10)22-17(26)8-7-16-24-20(28)18-12-3-2-4-15(12)30-21(18)25-16/h5-6,9-10H,2-4,7-8H2,1H3,(H,22,26)(H,23,27)(H,24,25,28)/t10-/m1/s1. The van der Waals surface area contributed by atoms with Crippen molar-refractivity contribution in [3.8, 4) is 5.75 Å². The second kappa shape index (κ2) is 7.24. The van der Waals surface area contributed by atoms with Crippen molar-refractivity contribution in [2.24, 2.45) is 0 Å². The van der Waals surface area contributed by atoms with Crippen LogP contribution < -0.4 is 20.9 Å². The molecule has 154 valence electrons. The highest BCUT2D eigenvalue weighted by molar-refractivity contribution is 7.18. The molecule has 1 aliphatic carbocycles. The Morgan fingerprint density at radius 2 is 2.20 bits per heavy atom. The van der Waals surface area contributed by atoms with Crippen LogP contribution in [0.1, 0.15) is 36.0 Å². The number of fused-ring (bicyclic) bond motifs is 4. The van der Waals surface area contributed by atoms with Gasteiger partial charge in [0, 0.05) is 23.4 Å². The van der Waals surface area contributed by atoms with Crippen LogP contribution in [-0.4, -0.2) is 27.9 Å². The van der Waals surface area contributed by atoms with Crippen LogP contribution in [0, 0.1) is 0 Å². The van der Waals surface area contributed by atoms with Gasteiger partial charge in [0.25, 0.3) is 11.5 Å². The van der Waals surface area contributed by atoms with Crippen molar-refractivity contribution in [1.82, 2.24) is 9.97 Å². The van der Waals surface area contributed by atoms with Crippen molar-refractivity contribution in [3.63, 3.8) is 0 Å². The number of amides is 2. The van der Waals surface area contributed by atoms with E-state index in [2.05, 4.69) is 20.6 Å². The maximum atomic E-state index is 12.5. The normalized spacial score (nSPS) is 17.2. The Kier molecular flexibility index (Phi) is 4.54. The largest absolute Gasteiger partial charge is 0.479 e. The number of benzene rings is 1. The van der Waals surface area contributed by atoms with Crippen molar-refractivity contribution < 1.29 is 14.3 Å². The Balaban J connectivity index is 1.26. The first-order valence-electron chi connectivity index (χ1n) is 9.93. The second-order valence-electron chi connectivity index (χ2n) is 7.56. The van der Waals surface area contributed by atoms with Crippen LogP contribution in [0.3, 0.4) is 0 Å². The lowest BCUT2D eigenvalue weighted by atomic mass is 10.2. The van der Waals surface area contributed by atoms with Gasteiger partial charge in [-0.05, 0) is 49.9 Å². The topological polar surface area (TPSA) is 113 Å². The van der Waals surface area contributed by atoms with E-state index in [1.807, 2.05) is 0 Å². The lowest BCUT2D eigenvalue weighted by Gasteiger charge is -2.23. The molecule has 0 spiro atoms. The van der Waals surface area contributed by atoms with Gasteiger partial charge in [0.2, 0.25) is 5.91 Å². The molecule has 0 radical (unpaired) electrons. The predicted octanol–water partition coefficient (Wildman–Crippen LogP) is 2.76. The fourth-order valence-electron chi connectivity index (χ4n) is 3.91. The molecule has 0 saturated heterocycles. The third-order valence-electron chi connectivity index (χ3n) is 5.41. The quantitative estimate of drug-likeness (QED) is 0.596. The van der Waals surface area contributed by atoms with E-state index >= 15 is 0 Å². The van der Waals surface area contributed by atoms with E-state index in [-0.39, 0.29) is 23.8 Å². The van der Waals surface area contributed by atoms with Crippen molar-refractivity contribution in [2.75, 3.05) is 10.6 Å². The van der Waals surface area contributed by atoms with Gasteiger partial charge in [-0.25, -0.2) is 4.98 Å². The molecule has 5 rings (SSSR count). The average molecular weight is 424 g/mol. The number of aromatic amines is 1. The Morgan fingerprint density at radius 3 is 3.07 bits per heavy atom. The lowest BCUT2D eigenvalue weighted by molar-refractivity contribution is -0.122. The summed E-state index contributed by atoms with van der Waals surface area (Å²) in [6, 6.07) is 5.10. The van der Waals surface area contributed by atoms with E-state index in [1.165, 1.54) is 4.88 Å². The average Bonchev–Trinajstić information content (AvgIpc) is 3.28. The van der Waals surface area contributed by atoms with Crippen molar-refractivity contribution in [3.05, 3.63) is 44.8 Å². The fraction of sp³-hybridized carbons (Fsp3) is 0.333. The Morgan fingerprint density at radius 1 is 1.33 bits per heavy atom. The number of aryl methyl sites for hydroxylation is 3. The number of nitrogens with one attached hydrogen (secondary N) is 3. The summed E-state index contributed by atoms with van der Waals surface area (Å²) in [6.45, 7) is 1.67. The third-order valence-corrected chi connectivity index (χ3v) is 6.59. The molecule has 8 nitrogen and oxygen atoms in total. The van der Waals surface area contributed by atoms with Gasteiger partial charge in [0.1, 0.15) is 16.4 Å². The Labute approximate surface area is 175 Å². The number of ether oxygens (including phenoxy) is 1. The van der Waals surface area contributed by atoms with Gasteiger partial charge < -0.3 is 20.4 Å². The minimum absolute atomic E-state index is 0.116. The summed E-state index contributed by atoms with van der Waals surface area (Å²) in [4.78, 5) is 46.1. The van der Waals surface area contributed by atoms with Gasteiger partial charge in [0.15, 0.2) is 6.10 Å². The van der Waals surface area contributed by atoms with E-state index in [0.717, 1.165) is 29.7 Å². The molecule has 1 atom stereocenters. The molecule has 0 saturated carbocycles. The third kappa shape index (κ3) is 3.35. The van der Waals surface area contributed by atoms with Crippen LogP contribution >= 0.6 is 11.3 Å². The van der Waals surface area contributed by atoms with Crippen LogP contribution in [0.5, 0.6) is 5.75 Å². The van der Waals surface area contributed by atoms with Gasteiger partial charge in [0.05, 0.1) is 11.1 Å². The highest BCUT2D eigenvalue weighted by atomic mass is 32.1. The number of hydrogen-bond acceptors (Lipinski definition) is 6. The second-order valence-corrected chi connectivity index (χ2v) is 8.64. The lowest BCUT2D eigenvalue weighted by Crippen LogP contribution is -2.34. The number of H-pyrrole nitrogens is 1. The SMILES string of the molecule is C[C@H]1Oc2ccc(NC(=O)CCc3nc4sc5c(c4c(=O)[nH]3)CCC5)cc2NC1=O. The van der Waals surface area contributed by atoms with E-state index in [4.69, 9.17) is 4.74 Å². The summed E-state index contributed by atoms with van der Waals surface area (Å²) in [5.74, 6) is 0.652. The number of anilines is 2. The maximum absolute atomic E-state index is 12.5. The van der Waals surface area contributed by atoms with E-state index < -0.39 is 6.10 Å². The molecular weight excluding hydrogens is 404 g/mol. The minimum Gasteiger partial charge on any atom is -0.479 e. The van der Waals surface area contributed by atoms with Crippen LogP contribution in [0.25, 0.3) is 10.2 Å². The molecular formula is C21H20N4O4S. The molecule has 0 fully saturated rings. The first kappa shape index (κ1) is 18.8. The molecule has 2 aromatic heterocycles. The summed E-state index contributed by atoms with van der Waals surface area (Å²) in [5, 5.41) is 6.28. The number of nitrogens with zero attached hydrogens (tertiary/aromatic N) is 1. The summed E-state index contributed by atoms with van der Waals surface area (Å²) in [5.41, 5.74) is 2.11. The molecule has 0 bridgehead atoms. The van der Waals surface area contributed by atoms with Crippen LogP contribution in [0.15, 0.2) is 23.0 Å². The molecule has 2 aliphatic rings. The van der Waals surface area contributed by atoms with E-state index in [9.17, 15) is 14.4 Å². The summed E-state index contributed by atoms with van der Waals surface area (Å²) >= 11 is 1.59. The summed E-state index contributed by atoms with van der Waals surface area (Å²) in [6.07, 6.45) is 3.01. The first-order valence-corrected chi connectivity index (χ1v) is 10.7. The molecule has 3 aromatic rings. The zero-order valence-corrected chi connectivity index (χ0v) is 17.1. The smallest absolute Gasteiger partial charge is 0.265 e. The van der Waals surface area contributed by atoms with Crippen molar-refractivity contribution in [1.29, 1.82) is 0 Å². The van der Waals surface area contributed by atoms with Crippen LogP contribution in [-0.2, 0) is 28.9 Å². The zero-order valence-electron chi connectivity index (χ0n) is 16.3. The zero-order chi connectivity index (χ0) is 20.8. The van der Waals surface area contributed by atoms with Crippen molar-refractivity contribution >= 4 is 44.7 Å². The number of rotatable bonds is 4. The molecule has 9 heteroatoms. The fourth-order valence-corrected chi connectivity index (χ4v) is 5.19. The molecule has 3 N–H and O–H groups in total. The molecule has 30 heavy (non-hydrogen) atoms. The molecule has 1 aromatic carbocycles. The Bertz CT molecular complexity index is 1250. The Hall–Kier alpha value is -3.20. The molecule has 0 unspecified atom stereocenters.